The molecule has 1 aromatic rings. The second kappa shape index (κ2) is 11.4. The van der Waals surface area contributed by atoms with Crippen LogP contribution in [0.5, 0.6) is 0 Å². The summed E-state index contributed by atoms with van der Waals surface area (Å²) in [5.74, 6) is -0.188. The van der Waals surface area contributed by atoms with Gasteiger partial charge in [0.2, 0.25) is 0 Å². The number of rotatable bonds is 9. The van der Waals surface area contributed by atoms with Crippen molar-refractivity contribution in [1.29, 1.82) is 0 Å². The highest BCUT2D eigenvalue weighted by Crippen LogP contribution is 2.24. The summed E-state index contributed by atoms with van der Waals surface area (Å²) >= 11 is 1.39. The fourth-order valence-electron chi connectivity index (χ4n) is 2.06. The van der Waals surface area contributed by atoms with Crippen molar-refractivity contribution in [3.05, 3.63) is 58.1 Å². The Bertz CT molecular complexity index is 680. The highest BCUT2D eigenvalue weighted by Gasteiger charge is 2.15. The summed E-state index contributed by atoms with van der Waals surface area (Å²) in [4.78, 5) is 26.4. The first-order valence-corrected chi connectivity index (χ1v) is 9.50. The van der Waals surface area contributed by atoms with Gasteiger partial charge < -0.3 is 14.4 Å². The van der Waals surface area contributed by atoms with Crippen molar-refractivity contribution < 1.29 is 19.1 Å². The van der Waals surface area contributed by atoms with Crippen molar-refractivity contribution in [2.45, 2.75) is 26.5 Å². The van der Waals surface area contributed by atoms with Crippen LogP contribution in [0.3, 0.4) is 0 Å². The van der Waals surface area contributed by atoms with Gasteiger partial charge in [-0.15, -0.1) is 11.8 Å². The Morgan fingerprint density at radius 2 is 1.65 bits per heavy atom. The molecule has 0 saturated heterocycles. The van der Waals surface area contributed by atoms with Gasteiger partial charge in [-0.05, 0) is 44.1 Å². The van der Waals surface area contributed by atoms with E-state index < -0.39 is 11.9 Å². The molecule has 0 radical (unpaired) electrons. The highest BCUT2D eigenvalue weighted by molar-refractivity contribution is 8.03. The molecular formula is C20H27NO4S. The molecule has 142 valence electrons. The van der Waals surface area contributed by atoms with Crippen LogP contribution in [0.15, 0.2) is 47.0 Å². The summed E-state index contributed by atoms with van der Waals surface area (Å²) < 4.78 is 10.2. The highest BCUT2D eigenvalue weighted by atomic mass is 32.2. The number of likely N-dealkylation sites (N-methyl/N-ethyl adjacent to an activating group) is 1. The molecule has 1 rings (SSSR count). The van der Waals surface area contributed by atoms with Gasteiger partial charge in [0.05, 0.1) is 18.1 Å². The monoisotopic (exact) mass is 377 g/mol. The molecule has 0 aliphatic heterocycles. The first-order chi connectivity index (χ1) is 12.4. The quantitative estimate of drug-likeness (QED) is 0.372. The number of esters is 2. The van der Waals surface area contributed by atoms with Crippen molar-refractivity contribution >= 4 is 23.7 Å². The van der Waals surface area contributed by atoms with E-state index in [9.17, 15) is 9.59 Å². The minimum Gasteiger partial charge on any atom is -0.462 e. The van der Waals surface area contributed by atoms with Crippen molar-refractivity contribution in [3.8, 4) is 0 Å². The average Bonchev–Trinajstić information content (AvgIpc) is 2.59. The summed E-state index contributed by atoms with van der Waals surface area (Å²) in [7, 11) is 3.50. The summed E-state index contributed by atoms with van der Waals surface area (Å²) in [6.07, 6.45) is 3.21. The van der Waals surface area contributed by atoms with E-state index in [4.69, 9.17) is 9.47 Å². The van der Waals surface area contributed by atoms with Gasteiger partial charge in [-0.2, -0.15) is 0 Å². The van der Waals surface area contributed by atoms with Crippen LogP contribution in [-0.2, 0) is 24.8 Å². The zero-order valence-electron chi connectivity index (χ0n) is 16.1. The predicted octanol–water partition coefficient (Wildman–Crippen LogP) is 3.68. The molecule has 0 N–H and O–H groups in total. The van der Waals surface area contributed by atoms with Gasteiger partial charge in [0.15, 0.2) is 0 Å². The number of benzene rings is 1. The zero-order valence-corrected chi connectivity index (χ0v) is 16.9. The van der Waals surface area contributed by atoms with E-state index in [1.165, 1.54) is 17.3 Å². The molecule has 0 aliphatic carbocycles. The standard InChI is InChI=1S/C20H27NO4S/c1-6-24-19(22)17(21(4)5)12-13-18(20(23)25-7-2)26-14-16-11-9-8-10-15(16)3/h8-13H,6-7,14H2,1-5H3/b17-12-,18-13-. The number of ether oxygens (including phenoxy) is 2. The van der Waals surface area contributed by atoms with E-state index >= 15 is 0 Å². The SMILES string of the molecule is CCOC(=O)/C(=C/C=C(/C(=O)OCC)N(C)C)SCc1ccccc1C. The van der Waals surface area contributed by atoms with E-state index in [-0.39, 0.29) is 0 Å². The van der Waals surface area contributed by atoms with E-state index in [0.29, 0.717) is 29.6 Å². The lowest BCUT2D eigenvalue weighted by atomic mass is 10.1. The van der Waals surface area contributed by atoms with Gasteiger partial charge in [0.1, 0.15) is 5.70 Å². The molecule has 1 aromatic carbocycles. The lowest BCUT2D eigenvalue weighted by Gasteiger charge is -2.15. The number of hydrogen-bond acceptors (Lipinski definition) is 6. The Morgan fingerprint density at radius 3 is 2.23 bits per heavy atom. The molecule has 0 heterocycles. The van der Waals surface area contributed by atoms with Crippen molar-refractivity contribution in [2.75, 3.05) is 27.3 Å². The molecular weight excluding hydrogens is 350 g/mol. The minimum absolute atomic E-state index is 0.292. The van der Waals surface area contributed by atoms with Gasteiger partial charge in [0, 0.05) is 19.8 Å². The number of nitrogens with zero attached hydrogens (tertiary/aromatic N) is 1. The third-order valence-electron chi connectivity index (χ3n) is 3.48. The molecule has 5 nitrogen and oxygen atoms in total. The lowest BCUT2D eigenvalue weighted by molar-refractivity contribution is -0.140. The fourth-order valence-corrected chi connectivity index (χ4v) is 3.04. The fraction of sp³-hybridized carbons (Fsp3) is 0.400. The summed E-state index contributed by atoms with van der Waals surface area (Å²) in [5.41, 5.74) is 2.68. The second-order valence-electron chi connectivity index (χ2n) is 5.63. The molecule has 0 atom stereocenters. The Balaban J connectivity index is 3.05. The van der Waals surface area contributed by atoms with E-state index in [2.05, 4.69) is 0 Å². The summed E-state index contributed by atoms with van der Waals surface area (Å²) in [6.45, 7) is 6.14. The Morgan fingerprint density at radius 1 is 1.04 bits per heavy atom. The average molecular weight is 378 g/mol. The number of hydrogen-bond donors (Lipinski definition) is 0. The Labute approximate surface area is 160 Å². The molecule has 0 aliphatic rings. The van der Waals surface area contributed by atoms with Crippen LogP contribution >= 0.6 is 11.8 Å². The molecule has 0 bridgehead atoms. The molecule has 0 saturated carbocycles. The van der Waals surface area contributed by atoms with Crippen LogP contribution in [0, 0.1) is 6.92 Å². The molecule has 6 heteroatoms. The number of carbonyl (C=O) groups is 2. The van der Waals surface area contributed by atoms with Gasteiger partial charge >= 0.3 is 11.9 Å². The van der Waals surface area contributed by atoms with Crippen LogP contribution in [0.2, 0.25) is 0 Å². The maximum absolute atomic E-state index is 12.3. The van der Waals surface area contributed by atoms with Crippen molar-refractivity contribution in [3.63, 3.8) is 0 Å². The van der Waals surface area contributed by atoms with Gasteiger partial charge in [0.25, 0.3) is 0 Å². The summed E-state index contributed by atoms with van der Waals surface area (Å²) in [6, 6.07) is 8.03. The largest absolute Gasteiger partial charge is 0.462 e. The first kappa shape index (κ1) is 21.8. The van der Waals surface area contributed by atoms with Gasteiger partial charge in [-0.3, -0.25) is 0 Å². The van der Waals surface area contributed by atoms with Crippen molar-refractivity contribution in [1.82, 2.24) is 4.90 Å². The number of aryl methyl sites for hydroxylation is 1. The zero-order chi connectivity index (χ0) is 19.5. The molecule has 0 unspecified atom stereocenters. The normalized spacial score (nSPS) is 11.9. The number of thioether (sulfide) groups is 1. The summed E-state index contributed by atoms with van der Waals surface area (Å²) in [5, 5.41) is 0. The number of carbonyl (C=O) groups excluding carboxylic acids is 2. The molecule has 0 aromatic heterocycles. The van der Waals surface area contributed by atoms with Crippen LogP contribution in [0.25, 0.3) is 0 Å². The maximum Gasteiger partial charge on any atom is 0.354 e. The van der Waals surface area contributed by atoms with Gasteiger partial charge in [-0.1, -0.05) is 24.3 Å². The third-order valence-corrected chi connectivity index (χ3v) is 4.55. The van der Waals surface area contributed by atoms with E-state index in [1.54, 1.807) is 45.0 Å². The Hall–Kier alpha value is -2.21. The molecule has 0 spiro atoms. The second-order valence-corrected chi connectivity index (χ2v) is 6.65. The van der Waals surface area contributed by atoms with Gasteiger partial charge in [-0.25, -0.2) is 9.59 Å². The van der Waals surface area contributed by atoms with Crippen LogP contribution in [0.1, 0.15) is 25.0 Å². The van der Waals surface area contributed by atoms with Crippen molar-refractivity contribution in [2.24, 2.45) is 0 Å². The maximum atomic E-state index is 12.3. The predicted molar refractivity (Wildman–Crippen MR) is 106 cm³/mol. The van der Waals surface area contributed by atoms with E-state index in [1.807, 2.05) is 31.2 Å². The number of allylic oxidation sites excluding steroid dienone is 2. The molecule has 0 fully saturated rings. The molecule has 26 heavy (non-hydrogen) atoms. The smallest absolute Gasteiger partial charge is 0.354 e. The first-order valence-electron chi connectivity index (χ1n) is 8.51. The minimum atomic E-state index is -0.430. The molecule has 0 amide bonds. The van der Waals surface area contributed by atoms with Crippen LogP contribution in [-0.4, -0.2) is 44.1 Å². The topological polar surface area (TPSA) is 55.8 Å². The lowest BCUT2D eigenvalue weighted by Crippen LogP contribution is -2.21. The van der Waals surface area contributed by atoms with Crippen LogP contribution in [0.4, 0.5) is 0 Å². The van der Waals surface area contributed by atoms with Crippen LogP contribution < -0.4 is 0 Å². The Kier molecular flexibility index (Phi) is 9.58. The third kappa shape index (κ3) is 6.96. The van der Waals surface area contributed by atoms with E-state index in [0.717, 1.165) is 5.56 Å².